The number of nitrogens with one attached hydrogen (secondary N) is 2. The second-order valence-corrected chi connectivity index (χ2v) is 11.2. The molecular formula is C36H39F3N4O2. The number of rotatable bonds is 11. The van der Waals surface area contributed by atoms with Crippen LogP contribution in [0, 0.1) is 0 Å². The van der Waals surface area contributed by atoms with Gasteiger partial charge in [0, 0.05) is 43.1 Å². The first-order valence-corrected chi connectivity index (χ1v) is 15.3. The molecule has 6 nitrogen and oxygen atoms in total. The van der Waals surface area contributed by atoms with Gasteiger partial charge in [0.25, 0.3) is 5.91 Å². The summed E-state index contributed by atoms with van der Waals surface area (Å²) >= 11 is 0. The zero-order valence-electron chi connectivity index (χ0n) is 25.6. The smallest absolute Gasteiger partial charge is 0.372 e. The lowest BCUT2D eigenvalue weighted by Gasteiger charge is -2.41. The Morgan fingerprint density at radius 1 is 0.911 bits per heavy atom. The molecule has 1 atom stereocenters. The zero-order chi connectivity index (χ0) is 31.8. The lowest BCUT2D eigenvalue weighted by molar-refractivity contribution is -0.137. The molecule has 4 aromatic rings. The summed E-state index contributed by atoms with van der Waals surface area (Å²) in [6.45, 7) is 5.24. The minimum absolute atomic E-state index is 0.0937. The molecule has 1 unspecified atom stereocenters. The number of hydrogen-bond acceptors (Lipinski definition) is 5. The van der Waals surface area contributed by atoms with Crippen molar-refractivity contribution in [2.24, 2.45) is 0 Å². The molecule has 1 fully saturated rings. The van der Waals surface area contributed by atoms with Crippen LogP contribution in [0.1, 0.15) is 47.5 Å². The molecule has 4 aromatic carbocycles. The second-order valence-electron chi connectivity index (χ2n) is 11.2. The van der Waals surface area contributed by atoms with Gasteiger partial charge in [-0.15, -0.1) is 0 Å². The third kappa shape index (κ3) is 8.11. The highest BCUT2D eigenvalue weighted by molar-refractivity contribution is 6.08. The van der Waals surface area contributed by atoms with Crippen molar-refractivity contribution in [3.8, 4) is 11.1 Å². The summed E-state index contributed by atoms with van der Waals surface area (Å²) in [4.78, 5) is 17.9. The average molecular weight is 617 g/mol. The molecule has 1 saturated heterocycles. The first kappa shape index (κ1) is 32.2. The van der Waals surface area contributed by atoms with E-state index < -0.39 is 11.7 Å². The first-order valence-electron chi connectivity index (χ1n) is 15.3. The van der Waals surface area contributed by atoms with Crippen LogP contribution < -0.4 is 15.5 Å². The number of anilines is 2. The van der Waals surface area contributed by atoms with Crippen LogP contribution in [0.3, 0.4) is 0 Å². The molecule has 1 aliphatic heterocycles. The Hall–Kier alpha value is -4.18. The largest absolute Gasteiger partial charge is 0.416 e. The summed E-state index contributed by atoms with van der Waals surface area (Å²) in [5, 5.41) is 6.20. The number of alkyl halides is 3. The van der Waals surface area contributed by atoms with E-state index in [0.717, 1.165) is 55.9 Å². The number of piperidine rings is 1. The van der Waals surface area contributed by atoms with Gasteiger partial charge in [0.15, 0.2) is 0 Å². The molecule has 0 aliphatic carbocycles. The first-order chi connectivity index (χ1) is 21.7. The molecule has 0 spiro atoms. The Kier molecular flexibility index (Phi) is 10.5. The van der Waals surface area contributed by atoms with Gasteiger partial charge in [-0.2, -0.15) is 13.2 Å². The molecule has 0 bridgehead atoms. The highest BCUT2D eigenvalue weighted by Crippen LogP contribution is 2.33. The molecule has 0 radical (unpaired) electrons. The second kappa shape index (κ2) is 14.7. The number of likely N-dealkylation sites (tertiary alicyclic amines) is 1. The minimum atomic E-state index is -4.42. The van der Waals surface area contributed by atoms with E-state index in [2.05, 4.69) is 46.5 Å². The van der Waals surface area contributed by atoms with E-state index in [-0.39, 0.29) is 12.1 Å². The van der Waals surface area contributed by atoms with E-state index in [1.807, 2.05) is 42.5 Å². The Morgan fingerprint density at radius 3 is 2.20 bits per heavy atom. The molecular weight excluding hydrogens is 577 g/mol. The van der Waals surface area contributed by atoms with Crippen molar-refractivity contribution >= 4 is 17.3 Å². The molecule has 2 N–H and O–H groups in total. The molecule has 0 saturated carbocycles. The summed E-state index contributed by atoms with van der Waals surface area (Å²) < 4.78 is 45.3. The summed E-state index contributed by atoms with van der Waals surface area (Å²) in [5.41, 5.74) is 3.60. The standard InChI is InChI=1S/C36H39F3N4O2/c1-3-40-25-45-35(27-9-5-4-6-10-27)43-23-21-31(22-24-43)42(2)30-19-17-29(18-20-30)41-34(44)33-12-8-7-11-32(33)26-13-15-28(16-14-26)36(37,38)39/h4-20,31,35,40H,3,21-25H2,1-2H3,(H,41,44). The number of nitrogens with zero attached hydrogens (tertiary/aromatic N) is 2. The zero-order valence-corrected chi connectivity index (χ0v) is 25.6. The van der Waals surface area contributed by atoms with Crippen LogP contribution in [0.15, 0.2) is 103 Å². The Morgan fingerprint density at radius 2 is 1.56 bits per heavy atom. The van der Waals surface area contributed by atoms with Crippen molar-refractivity contribution in [1.82, 2.24) is 10.2 Å². The fourth-order valence-corrected chi connectivity index (χ4v) is 5.74. The number of amides is 1. The molecule has 0 aromatic heterocycles. The maximum atomic E-state index is 13.3. The van der Waals surface area contributed by atoms with Gasteiger partial charge >= 0.3 is 6.18 Å². The number of carbonyl (C=O) groups is 1. The summed E-state index contributed by atoms with van der Waals surface area (Å²) in [6.07, 6.45) is -2.53. The Labute approximate surface area is 262 Å². The van der Waals surface area contributed by atoms with Crippen molar-refractivity contribution < 1.29 is 22.7 Å². The highest BCUT2D eigenvalue weighted by Gasteiger charge is 2.30. The Balaban J connectivity index is 1.20. The van der Waals surface area contributed by atoms with Crippen LogP contribution in [-0.2, 0) is 10.9 Å². The van der Waals surface area contributed by atoms with Gasteiger partial charge in [0.1, 0.15) is 6.23 Å². The van der Waals surface area contributed by atoms with Crippen LogP contribution in [0.4, 0.5) is 24.5 Å². The summed E-state index contributed by atoms with van der Waals surface area (Å²) in [7, 11) is 2.10. The lowest BCUT2D eigenvalue weighted by atomic mass is 9.98. The van der Waals surface area contributed by atoms with Crippen molar-refractivity contribution in [3.05, 3.63) is 120 Å². The third-order valence-electron chi connectivity index (χ3n) is 8.28. The number of carbonyl (C=O) groups excluding carboxylic acids is 1. The lowest BCUT2D eigenvalue weighted by Crippen LogP contribution is -2.45. The van der Waals surface area contributed by atoms with Crippen LogP contribution in [-0.4, -0.2) is 50.3 Å². The van der Waals surface area contributed by atoms with Gasteiger partial charge in [-0.05, 0) is 78.5 Å². The molecule has 9 heteroatoms. The van der Waals surface area contributed by atoms with E-state index in [9.17, 15) is 18.0 Å². The van der Waals surface area contributed by atoms with E-state index >= 15 is 0 Å². The van der Waals surface area contributed by atoms with Crippen LogP contribution in [0.5, 0.6) is 0 Å². The van der Waals surface area contributed by atoms with Crippen molar-refractivity contribution in [3.63, 3.8) is 0 Å². The van der Waals surface area contributed by atoms with Gasteiger partial charge < -0.3 is 15.0 Å². The summed E-state index contributed by atoms with van der Waals surface area (Å²) in [5.74, 6) is -0.330. The summed E-state index contributed by atoms with van der Waals surface area (Å²) in [6, 6.07) is 30.2. The Bertz CT molecular complexity index is 1520. The van der Waals surface area contributed by atoms with Gasteiger partial charge in [-0.25, -0.2) is 0 Å². The fourth-order valence-electron chi connectivity index (χ4n) is 5.74. The predicted molar refractivity (Wildman–Crippen MR) is 173 cm³/mol. The average Bonchev–Trinajstić information content (AvgIpc) is 3.07. The van der Waals surface area contributed by atoms with Crippen LogP contribution >= 0.6 is 0 Å². The highest BCUT2D eigenvalue weighted by atomic mass is 19.4. The number of halogens is 3. The normalized spacial score (nSPS) is 15.0. The van der Waals surface area contributed by atoms with E-state index in [4.69, 9.17) is 4.74 Å². The van der Waals surface area contributed by atoms with Gasteiger partial charge in [-0.1, -0.05) is 67.6 Å². The van der Waals surface area contributed by atoms with E-state index in [1.54, 1.807) is 24.3 Å². The SMILES string of the molecule is CCNCOC(c1ccccc1)N1CCC(N(C)c2ccc(NC(=O)c3ccccc3-c3ccc(C(F)(F)F)cc3)cc2)CC1. The minimum Gasteiger partial charge on any atom is -0.372 e. The maximum Gasteiger partial charge on any atom is 0.416 e. The van der Waals surface area contributed by atoms with Crippen molar-refractivity contribution in [1.29, 1.82) is 0 Å². The molecule has 45 heavy (non-hydrogen) atoms. The molecule has 236 valence electrons. The number of hydrogen-bond donors (Lipinski definition) is 2. The molecule has 5 rings (SSSR count). The van der Waals surface area contributed by atoms with Crippen molar-refractivity contribution in [2.75, 3.05) is 43.6 Å². The van der Waals surface area contributed by atoms with E-state index in [0.29, 0.717) is 35.2 Å². The van der Waals surface area contributed by atoms with Gasteiger partial charge in [0.2, 0.25) is 0 Å². The fraction of sp³-hybridized carbons (Fsp3) is 0.306. The van der Waals surface area contributed by atoms with Crippen LogP contribution in [0.2, 0.25) is 0 Å². The quantitative estimate of drug-likeness (QED) is 0.133. The number of ether oxygens (including phenoxy) is 1. The maximum absolute atomic E-state index is 13.3. The van der Waals surface area contributed by atoms with Crippen LogP contribution in [0.25, 0.3) is 11.1 Å². The van der Waals surface area contributed by atoms with Gasteiger partial charge in [0.05, 0.1) is 12.3 Å². The third-order valence-corrected chi connectivity index (χ3v) is 8.28. The van der Waals surface area contributed by atoms with Gasteiger partial charge in [-0.3, -0.25) is 15.0 Å². The predicted octanol–water partition coefficient (Wildman–Crippen LogP) is 7.81. The molecule has 1 aliphatic rings. The monoisotopic (exact) mass is 616 g/mol. The van der Waals surface area contributed by atoms with Crippen molar-refractivity contribution in [2.45, 2.75) is 38.2 Å². The topological polar surface area (TPSA) is 56.8 Å². The molecule has 1 amide bonds. The van der Waals surface area contributed by atoms with E-state index in [1.165, 1.54) is 12.1 Å². The number of benzene rings is 4. The molecule has 1 heterocycles.